The van der Waals surface area contributed by atoms with E-state index in [0.29, 0.717) is 23.9 Å². The minimum atomic E-state index is -0.520. The number of halogens is 1. The fraction of sp³-hybridized carbons (Fsp3) is 0.273. The Labute approximate surface area is 173 Å². The zero-order valence-electron chi connectivity index (χ0n) is 15.8. The van der Waals surface area contributed by atoms with Gasteiger partial charge in [-0.05, 0) is 47.9 Å². The van der Waals surface area contributed by atoms with Crippen molar-refractivity contribution in [2.75, 3.05) is 19.7 Å². The van der Waals surface area contributed by atoms with Crippen LogP contribution in [-0.2, 0) is 11.3 Å². The summed E-state index contributed by atoms with van der Waals surface area (Å²) in [5, 5.41) is 11.5. The minimum absolute atomic E-state index is 0.175. The first-order chi connectivity index (χ1) is 14.0. The third-order valence-corrected chi connectivity index (χ3v) is 5.32. The Kier molecular flexibility index (Phi) is 5.67. The number of nitrogens with zero attached hydrogens (tertiary/aromatic N) is 2. The highest BCUT2D eigenvalue weighted by atomic mass is 35.5. The van der Waals surface area contributed by atoms with Crippen molar-refractivity contribution in [3.8, 4) is 16.9 Å². The second-order valence-corrected chi connectivity index (χ2v) is 7.71. The third kappa shape index (κ3) is 4.50. The summed E-state index contributed by atoms with van der Waals surface area (Å²) in [6, 6.07) is 13.5. The number of hydrogen-bond donors (Lipinski definition) is 2. The summed E-state index contributed by atoms with van der Waals surface area (Å²) in [6.45, 7) is 1.88. The maximum Gasteiger partial charge on any atom is 0.255 e. The summed E-state index contributed by atoms with van der Waals surface area (Å²) in [5.74, 6) is 0.101. The van der Waals surface area contributed by atoms with Crippen molar-refractivity contribution in [3.05, 3.63) is 59.2 Å². The van der Waals surface area contributed by atoms with E-state index in [2.05, 4.69) is 16.0 Å². The standard InChI is InChI=1S/C22H22ClN3O3/c23-16-2-3-19-18(5-7-25-20(19)10-16)14-1-4-21(29-13-22(24)28)15(9-14)11-26-8-6-17(27)12-26/h1-5,7,9-10,17,27H,6,8,11-13H2,(H2,24,28)/t17-/m1/s1. The molecule has 2 aromatic carbocycles. The molecule has 7 heteroatoms. The number of primary amides is 1. The van der Waals surface area contributed by atoms with Gasteiger partial charge in [0.05, 0.1) is 11.6 Å². The maximum absolute atomic E-state index is 11.2. The predicted molar refractivity (Wildman–Crippen MR) is 113 cm³/mol. The van der Waals surface area contributed by atoms with Gasteiger partial charge < -0.3 is 15.6 Å². The van der Waals surface area contributed by atoms with Crippen molar-refractivity contribution < 1.29 is 14.6 Å². The molecule has 1 aliphatic rings. The van der Waals surface area contributed by atoms with E-state index in [4.69, 9.17) is 22.1 Å². The molecule has 0 saturated carbocycles. The molecule has 0 radical (unpaired) electrons. The third-order valence-electron chi connectivity index (χ3n) is 5.09. The summed E-state index contributed by atoms with van der Waals surface area (Å²) in [6.07, 6.45) is 2.22. The van der Waals surface area contributed by atoms with Gasteiger partial charge in [0.2, 0.25) is 0 Å². The molecule has 29 heavy (non-hydrogen) atoms. The first-order valence-corrected chi connectivity index (χ1v) is 9.86. The summed E-state index contributed by atoms with van der Waals surface area (Å²) < 4.78 is 5.64. The average Bonchev–Trinajstić information content (AvgIpc) is 3.10. The molecule has 0 bridgehead atoms. The first-order valence-electron chi connectivity index (χ1n) is 9.48. The van der Waals surface area contributed by atoms with Gasteiger partial charge in [-0.1, -0.05) is 23.7 Å². The van der Waals surface area contributed by atoms with Crippen LogP contribution in [0.15, 0.2) is 48.7 Å². The molecule has 0 spiro atoms. The van der Waals surface area contributed by atoms with Crippen LogP contribution in [0.1, 0.15) is 12.0 Å². The van der Waals surface area contributed by atoms with Crippen molar-refractivity contribution >= 4 is 28.4 Å². The molecule has 2 heterocycles. The van der Waals surface area contributed by atoms with Crippen LogP contribution in [0.5, 0.6) is 5.75 Å². The van der Waals surface area contributed by atoms with Gasteiger partial charge in [-0.3, -0.25) is 14.7 Å². The maximum atomic E-state index is 11.2. The molecule has 3 aromatic rings. The number of hydrogen-bond acceptors (Lipinski definition) is 5. The summed E-state index contributed by atoms with van der Waals surface area (Å²) in [4.78, 5) is 17.8. The second-order valence-electron chi connectivity index (χ2n) is 7.28. The molecular weight excluding hydrogens is 390 g/mol. The van der Waals surface area contributed by atoms with Crippen molar-refractivity contribution in [1.82, 2.24) is 9.88 Å². The molecule has 3 N–H and O–H groups in total. The lowest BCUT2D eigenvalue weighted by atomic mass is 9.99. The molecule has 1 aliphatic heterocycles. The molecule has 1 fully saturated rings. The lowest BCUT2D eigenvalue weighted by molar-refractivity contribution is -0.119. The number of ether oxygens (including phenoxy) is 1. The van der Waals surface area contributed by atoms with Crippen molar-refractivity contribution in [2.24, 2.45) is 5.73 Å². The number of aliphatic hydroxyl groups excluding tert-OH is 1. The molecule has 1 aromatic heterocycles. The fourth-order valence-corrected chi connectivity index (χ4v) is 3.90. The Balaban J connectivity index is 1.73. The van der Waals surface area contributed by atoms with Crippen LogP contribution in [0, 0.1) is 0 Å². The van der Waals surface area contributed by atoms with Gasteiger partial charge in [0.15, 0.2) is 6.61 Å². The van der Waals surface area contributed by atoms with Gasteiger partial charge in [-0.15, -0.1) is 0 Å². The Morgan fingerprint density at radius 3 is 2.90 bits per heavy atom. The van der Waals surface area contributed by atoms with E-state index in [1.165, 1.54) is 0 Å². The van der Waals surface area contributed by atoms with Gasteiger partial charge in [0.25, 0.3) is 5.91 Å². The number of aromatic nitrogens is 1. The number of carbonyl (C=O) groups excluding carboxylic acids is 1. The SMILES string of the molecule is NC(=O)COc1ccc(-c2ccnc3cc(Cl)ccc23)cc1CN1CC[C@@H](O)C1. The van der Waals surface area contributed by atoms with Gasteiger partial charge >= 0.3 is 0 Å². The normalized spacial score (nSPS) is 17.0. The van der Waals surface area contributed by atoms with E-state index in [0.717, 1.165) is 40.6 Å². The quantitative estimate of drug-likeness (QED) is 0.651. The fourth-order valence-electron chi connectivity index (χ4n) is 3.73. The highest BCUT2D eigenvalue weighted by Crippen LogP contribution is 2.33. The summed E-state index contributed by atoms with van der Waals surface area (Å²) in [5.41, 5.74) is 9.06. The van der Waals surface area contributed by atoms with Crippen molar-refractivity contribution in [1.29, 1.82) is 0 Å². The number of pyridine rings is 1. The lowest BCUT2D eigenvalue weighted by Crippen LogP contribution is -2.23. The van der Waals surface area contributed by atoms with E-state index in [-0.39, 0.29) is 12.7 Å². The Bertz CT molecular complexity index is 1060. The van der Waals surface area contributed by atoms with Gasteiger partial charge in [0, 0.05) is 41.8 Å². The van der Waals surface area contributed by atoms with Crippen LogP contribution in [0.4, 0.5) is 0 Å². The number of benzene rings is 2. The van der Waals surface area contributed by atoms with E-state index >= 15 is 0 Å². The van der Waals surface area contributed by atoms with Crippen LogP contribution in [0.2, 0.25) is 5.02 Å². The number of rotatable bonds is 6. The van der Waals surface area contributed by atoms with Crippen LogP contribution >= 0.6 is 11.6 Å². The smallest absolute Gasteiger partial charge is 0.255 e. The van der Waals surface area contributed by atoms with Gasteiger partial charge in [0.1, 0.15) is 5.75 Å². The van der Waals surface area contributed by atoms with Gasteiger partial charge in [-0.25, -0.2) is 0 Å². The Morgan fingerprint density at radius 2 is 2.14 bits per heavy atom. The second kappa shape index (κ2) is 8.37. The number of aliphatic hydroxyl groups is 1. The molecule has 150 valence electrons. The van der Waals surface area contributed by atoms with E-state index < -0.39 is 5.91 Å². The Morgan fingerprint density at radius 1 is 1.28 bits per heavy atom. The number of likely N-dealkylation sites (tertiary alicyclic amines) is 1. The molecule has 1 saturated heterocycles. The number of fused-ring (bicyclic) bond motifs is 1. The minimum Gasteiger partial charge on any atom is -0.483 e. The monoisotopic (exact) mass is 411 g/mol. The lowest BCUT2D eigenvalue weighted by Gasteiger charge is -2.19. The molecule has 1 amide bonds. The summed E-state index contributed by atoms with van der Waals surface area (Å²) >= 11 is 6.11. The van der Waals surface area contributed by atoms with Crippen LogP contribution < -0.4 is 10.5 Å². The van der Waals surface area contributed by atoms with Crippen molar-refractivity contribution in [3.63, 3.8) is 0 Å². The zero-order chi connectivity index (χ0) is 20.4. The number of amides is 1. The van der Waals surface area contributed by atoms with E-state index in [1.54, 1.807) is 6.20 Å². The topological polar surface area (TPSA) is 88.7 Å². The Hall–Kier alpha value is -2.67. The highest BCUT2D eigenvalue weighted by molar-refractivity contribution is 6.31. The van der Waals surface area contributed by atoms with Crippen LogP contribution in [0.3, 0.4) is 0 Å². The van der Waals surface area contributed by atoms with Gasteiger partial charge in [-0.2, -0.15) is 0 Å². The summed E-state index contributed by atoms with van der Waals surface area (Å²) in [7, 11) is 0. The van der Waals surface area contributed by atoms with Crippen LogP contribution in [0.25, 0.3) is 22.0 Å². The number of β-amino-alcohol motifs (C(OH)–C–C–N with tert-alkyl or cyclic N) is 1. The number of nitrogens with two attached hydrogens (primary N) is 1. The first kappa shape index (κ1) is 19.6. The average molecular weight is 412 g/mol. The molecule has 0 aliphatic carbocycles. The van der Waals surface area contributed by atoms with E-state index in [9.17, 15) is 9.90 Å². The van der Waals surface area contributed by atoms with E-state index in [1.807, 2.05) is 36.4 Å². The molecule has 6 nitrogen and oxygen atoms in total. The van der Waals surface area contributed by atoms with Crippen molar-refractivity contribution in [2.45, 2.75) is 19.1 Å². The number of carbonyl (C=O) groups is 1. The predicted octanol–water partition coefficient (Wildman–Crippen LogP) is 2.99. The largest absolute Gasteiger partial charge is 0.483 e. The molecular formula is C22H22ClN3O3. The zero-order valence-corrected chi connectivity index (χ0v) is 16.6. The molecule has 0 unspecified atom stereocenters. The molecule has 1 atom stereocenters. The highest BCUT2D eigenvalue weighted by Gasteiger charge is 2.22. The molecule has 4 rings (SSSR count). The van der Waals surface area contributed by atoms with Crippen LogP contribution in [-0.4, -0.2) is 46.7 Å².